The minimum Gasteiger partial charge on any atom is -0.348 e. The van der Waals surface area contributed by atoms with Gasteiger partial charge in [0.2, 0.25) is 15.9 Å². The lowest BCUT2D eigenvalue weighted by Crippen LogP contribution is -2.41. The Labute approximate surface area is 166 Å². The number of hydrogen-bond acceptors (Lipinski definition) is 3. The van der Waals surface area contributed by atoms with Crippen molar-refractivity contribution in [3.8, 4) is 0 Å². The number of carbonyl (C=O) groups is 1. The molecule has 1 atom stereocenters. The van der Waals surface area contributed by atoms with E-state index in [4.69, 9.17) is 11.6 Å². The summed E-state index contributed by atoms with van der Waals surface area (Å²) < 4.78 is 25.6. The van der Waals surface area contributed by atoms with Crippen molar-refractivity contribution < 1.29 is 13.2 Å². The van der Waals surface area contributed by atoms with E-state index in [0.29, 0.717) is 16.3 Å². The Kier molecular flexibility index (Phi) is 6.89. The van der Waals surface area contributed by atoms with Crippen molar-refractivity contribution in [2.45, 2.75) is 33.2 Å². The fourth-order valence-electron chi connectivity index (χ4n) is 2.82. The lowest BCUT2D eigenvalue weighted by atomic mass is 10.1. The van der Waals surface area contributed by atoms with Crippen LogP contribution < -0.4 is 9.62 Å². The number of anilines is 1. The smallest absolute Gasteiger partial charge is 0.241 e. The summed E-state index contributed by atoms with van der Waals surface area (Å²) in [6, 6.07) is 12.7. The third kappa shape index (κ3) is 5.71. The Bertz CT molecular complexity index is 911. The number of nitrogens with one attached hydrogen (secondary N) is 1. The second kappa shape index (κ2) is 8.76. The van der Waals surface area contributed by atoms with Crippen LogP contribution in [-0.2, 0) is 21.2 Å². The zero-order valence-electron chi connectivity index (χ0n) is 16.0. The number of aryl methyl sites for hydroxylation is 2. The first-order valence-electron chi connectivity index (χ1n) is 8.74. The number of halogens is 1. The molecule has 0 heterocycles. The summed E-state index contributed by atoms with van der Waals surface area (Å²) in [5.74, 6) is -0.373. The molecular weight excluding hydrogens is 384 g/mol. The van der Waals surface area contributed by atoms with Gasteiger partial charge in [-0.2, -0.15) is 0 Å². The van der Waals surface area contributed by atoms with Gasteiger partial charge in [-0.1, -0.05) is 42.8 Å². The van der Waals surface area contributed by atoms with Gasteiger partial charge in [0.25, 0.3) is 0 Å². The van der Waals surface area contributed by atoms with Gasteiger partial charge in [-0.05, 0) is 55.2 Å². The van der Waals surface area contributed by atoms with Gasteiger partial charge < -0.3 is 5.32 Å². The third-order valence-electron chi connectivity index (χ3n) is 4.38. The molecule has 1 N–H and O–H groups in total. The Morgan fingerprint density at radius 3 is 2.33 bits per heavy atom. The number of hydrogen-bond donors (Lipinski definition) is 1. The number of sulfonamides is 1. The molecule has 5 nitrogen and oxygen atoms in total. The van der Waals surface area contributed by atoms with Gasteiger partial charge in [0.15, 0.2) is 0 Å². The standard InChI is InChI=1S/C20H25ClN2O3S/c1-5-16-6-8-17(9-7-16)15(3)22-20(24)13-23(27(4,25)26)19-11-10-18(21)12-14(19)2/h6-12,15H,5,13H2,1-4H3,(H,22,24)/t15-/m0/s1. The second-order valence-corrected chi connectivity index (χ2v) is 8.93. The zero-order valence-corrected chi connectivity index (χ0v) is 17.6. The SMILES string of the molecule is CCc1ccc([C@H](C)NC(=O)CN(c2ccc(Cl)cc2C)S(C)(=O)=O)cc1. The molecule has 0 aliphatic carbocycles. The van der Waals surface area contributed by atoms with Crippen LogP contribution in [0, 0.1) is 6.92 Å². The summed E-state index contributed by atoms with van der Waals surface area (Å²) in [5.41, 5.74) is 3.31. The van der Waals surface area contributed by atoms with Crippen LogP contribution in [0.25, 0.3) is 0 Å². The van der Waals surface area contributed by atoms with E-state index in [2.05, 4.69) is 12.2 Å². The maximum absolute atomic E-state index is 12.5. The normalized spacial score (nSPS) is 12.5. The van der Waals surface area contributed by atoms with Crippen LogP contribution in [0.3, 0.4) is 0 Å². The minimum absolute atomic E-state index is 0.226. The average molecular weight is 409 g/mol. The Balaban J connectivity index is 2.16. The Hall–Kier alpha value is -2.05. The van der Waals surface area contributed by atoms with Gasteiger partial charge in [0, 0.05) is 5.02 Å². The van der Waals surface area contributed by atoms with Crippen molar-refractivity contribution in [1.29, 1.82) is 0 Å². The van der Waals surface area contributed by atoms with E-state index in [-0.39, 0.29) is 18.5 Å². The molecule has 0 radical (unpaired) electrons. The van der Waals surface area contributed by atoms with Crippen LogP contribution >= 0.6 is 11.6 Å². The van der Waals surface area contributed by atoms with E-state index in [1.165, 1.54) is 5.56 Å². The maximum Gasteiger partial charge on any atom is 0.241 e. The average Bonchev–Trinajstić information content (AvgIpc) is 2.59. The van der Waals surface area contributed by atoms with Crippen molar-refractivity contribution in [1.82, 2.24) is 5.32 Å². The topological polar surface area (TPSA) is 66.5 Å². The third-order valence-corrected chi connectivity index (χ3v) is 5.74. The fraction of sp³-hybridized carbons (Fsp3) is 0.350. The highest BCUT2D eigenvalue weighted by molar-refractivity contribution is 7.92. The van der Waals surface area contributed by atoms with Crippen LogP contribution in [0.2, 0.25) is 5.02 Å². The predicted molar refractivity (Wildman–Crippen MR) is 111 cm³/mol. The fourth-order valence-corrected chi connectivity index (χ4v) is 3.96. The van der Waals surface area contributed by atoms with E-state index in [0.717, 1.165) is 22.5 Å². The number of amides is 1. The second-order valence-electron chi connectivity index (χ2n) is 6.58. The van der Waals surface area contributed by atoms with Crippen LogP contribution in [0.5, 0.6) is 0 Å². The first-order chi connectivity index (χ1) is 12.6. The van der Waals surface area contributed by atoms with Gasteiger partial charge in [-0.25, -0.2) is 8.42 Å². The zero-order chi connectivity index (χ0) is 20.2. The lowest BCUT2D eigenvalue weighted by molar-refractivity contribution is -0.120. The minimum atomic E-state index is -3.63. The summed E-state index contributed by atoms with van der Waals surface area (Å²) in [4.78, 5) is 12.5. The largest absolute Gasteiger partial charge is 0.348 e. The van der Waals surface area contributed by atoms with Gasteiger partial charge in [0.05, 0.1) is 18.0 Å². The molecule has 0 saturated heterocycles. The molecule has 0 aromatic heterocycles. The van der Waals surface area contributed by atoms with E-state index >= 15 is 0 Å². The highest BCUT2D eigenvalue weighted by Crippen LogP contribution is 2.25. The molecule has 0 saturated carbocycles. The summed E-state index contributed by atoms with van der Waals surface area (Å²) in [6.07, 6.45) is 2.03. The Morgan fingerprint density at radius 1 is 1.19 bits per heavy atom. The maximum atomic E-state index is 12.5. The monoisotopic (exact) mass is 408 g/mol. The summed E-state index contributed by atoms with van der Waals surface area (Å²) >= 11 is 5.95. The number of benzene rings is 2. The molecule has 0 bridgehead atoms. The van der Waals surface area contributed by atoms with E-state index in [9.17, 15) is 13.2 Å². The van der Waals surface area contributed by atoms with Gasteiger partial charge in [-0.15, -0.1) is 0 Å². The van der Waals surface area contributed by atoms with Gasteiger partial charge in [0.1, 0.15) is 6.54 Å². The van der Waals surface area contributed by atoms with Crippen LogP contribution in [0.4, 0.5) is 5.69 Å². The van der Waals surface area contributed by atoms with Crippen molar-refractivity contribution >= 4 is 33.2 Å². The quantitative estimate of drug-likeness (QED) is 0.756. The van der Waals surface area contributed by atoms with E-state index < -0.39 is 10.0 Å². The van der Waals surface area contributed by atoms with Crippen molar-refractivity contribution in [2.24, 2.45) is 0 Å². The highest BCUT2D eigenvalue weighted by Gasteiger charge is 2.23. The molecule has 0 aliphatic heterocycles. The molecule has 1 amide bonds. The summed E-state index contributed by atoms with van der Waals surface area (Å²) in [6.45, 7) is 5.42. The molecule has 2 rings (SSSR count). The van der Waals surface area contributed by atoms with Crippen molar-refractivity contribution in [2.75, 3.05) is 17.1 Å². The Morgan fingerprint density at radius 2 is 1.81 bits per heavy atom. The van der Waals surface area contributed by atoms with Gasteiger partial charge >= 0.3 is 0 Å². The molecule has 27 heavy (non-hydrogen) atoms. The van der Waals surface area contributed by atoms with Crippen LogP contribution in [-0.4, -0.2) is 27.1 Å². The molecule has 0 spiro atoms. The molecular formula is C20H25ClN2O3S. The van der Waals surface area contributed by atoms with Crippen LogP contribution in [0.15, 0.2) is 42.5 Å². The highest BCUT2D eigenvalue weighted by atomic mass is 35.5. The number of carbonyl (C=O) groups excluding carboxylic acids is 1. The molecule has 7 heteroatoms. The summed E-state index contributed by atoms with van der Waals surface area (Å²) in [7, 11) is -3.63. The van der Waals surface area contributed by atoms with E-state index in [1.54, 1.807) is 25.1 Å². The molecule has 2 aromatic rings. The number of rotatable bonds is 7. The molecule has 0 aliphatic rings. The molecule has 0 unspecified atom stereocenters. The summed E-state index contributed by atoms with van der Waals surface area (Å²) in [5, 5.41) is 3.38. The van der Waals surface area contributed by atoms with Gasteiger partial charge in [-0.3, -0.25) is 9.10 Å². The lowest BCUT2D eigenvalue weighted by Gasteiger charge is -2.25. The molecule has 146 valence electrons. The molecule has 0 fully saturated rings. The predicted octanol–water partition coefficient (Wildman–Crippen LogP) is 3.85. The van der Waals surface area contributed by atoms with Crippen molar-refractivity contribution in [3.05, 3.63) is 64.2 Å². The van der Waals surface area contributed by atoms with E-state index in [1.807, 2.05) is 31.2 Å². The first kappa shape index (κ1) is 21.3. The van der Waals surface area contributed by atoms with Crippen molar-refractivity contribution in [3.63, 3.8) is 0 Å². The van der Waals surface area contributed by atoms with Crippen LogP contribution in [0.1, 0.15) is 36.6 Å². The first-order valence-corrected chi connectivity index (χ1v) is 11.0. The molecule has 2 aromatic carbocycles. The number of nitrogens with zero attached hydrogens (tertiary/aromatic N) is 1.